The Morgan fingerprint density at radius 2 is 1.08 bits per heavy atom. The van der Waals surface area contributed by atoms with E-state index >= 15 is 0 Å². The molecule has 2 aromatic rings. The molecule has 0 saturated heterocycles. The first kappa shape index (κ1) is 19.5. The molecule has 0 aliphatic rings. The molecule has 2 aromatic carbocycles. The molecule has 25 heavy (non-hydrogen) atoms. The molecular formula is C22H26O2S. The normalized spacial score (nSPS) is 13.2. The van der Waals surface area contributed by atoms with E-state index in [4.69, 9.17) is 0 Å². The van der Waals surface area contributed by atoms with Gasteiger partial charge < -0.3 is 10.2 Å². The Morgan fingerprint density at radius 1 is 0.720 bits per heavy atom. The zero-order valence-electron chi connectivity index (χ0n) is 14.5. The summed E-state index contributed by atoms with van der Waals surface area (Å²) in [6.45, 7) is 7.47. The summed E-state index contributed by atoms with van der Waals surface area (Å²) in [6.07, 6.45) is 4.06. The highest BCUT2D eigenvalue weighted by atomic mass is 32.2. The van der Waals surface area contributed by atoms with Crippen LogP contribution >= 0.6 is 11.8 Å². The van der Waals surface area contributed by atoms with Gasteiger partial charge in [-0.15, -0.1) is 0 Å². The first-order valence-corrected chi connectivity index (χ1v) is 9.63. The summed E-state index contributed by atoms with van der Waals surface area (Å²) in [6, 6.07) is 16.1. The van der Waals surface area contributed by atoms with E-state index < -0.39 is 12.2 Å². The van der Waals surface area contributed by atoms with Gasteiger partial charge in [-0.3, -0.25) is 0 Å². The minimum absolute atomic E-state index is 0.404. The average molecular weight is 355 g/mol. The third-order valence-corrected chi connectivity index (χ3v) is 5.23. The Hall–Kier alpha value is -1.81. The van der Waals surface area contributed by atoms with E-state index in [1.807, 2.05) is 60.7 Å². The number of hydrogen-bond donors (Lipinski definition) is 2. The third-order valence-electron chi connectivity index (χ3n) is 3.99. The van der Waals surface area contributed by atoms with E-state index in [1.54, 1.807) is 11.8 Å². The van der Waals surface area contributed by atoms with Crippen LogP contribution in [-0.2, 0) is 12.8 Å². The summed E-state index contributed by atoms with van der Waals surface area (Å²) in [4.78, 5) is 0. The van der Waals surface area contributed by atoms with E-state index in [-0.39, 0.29) is 0 Å². The molecule has 0 aliphatic carbocycles. The van der Waals surface area contributed by atoms with Crippen LogP contribution in [0, 0.1) is 0 Å². The van der Waals surface area contributed by atoms with Crippen molar-refractivity contribution in [3.05, 3.63) is 83.9 Å². The topological polar surface area (TPSA) is 40.5 Å². The Kier molecular flexibility index (Phi) is 7.99. The molecule has 0 heterocycles. The lowest BCUT2D eigenvalue weighted by Crippen LogP contribution is -2.18. The van der Waals surface area contributed by atoms with Gasteiger partial charge in [-0.25, -0.2) is 0 Å². The van der Waals surface area contributed by atoms with Crippen LogP contribution in [0.4, 0.5) is 0 Å². The van der Waals surface area contributed by atoms with E-state index in [1.165, 1.54) is 0 Å². The molecule has 2 unspecified atom stereocenters. The van der Waals surface area contributed by atoms with Crippen molar-refractivity contribution in [1.82, 2.24) is 0 Å². The fourth-order valence-corrected chi connectivity index (χ4v) is 3.50. The fourth-order valence-electron chi connectivity index (χ4n) is 2.58. The van der Waals surface area contributed by atoms with Gasteiger partial charge >= 0.3 is 0 Å². The molecule has 0 amide bonds. The molecular weight excluding hydrogens is 328 g/mol. The van der Waals surface area contributed by atoms with Gasteiger partial charge in [-0.05, 0) is 35.1 Å². The van der Waals surface area contributed by atoms with Crippen molar-refractivity contribution in [3.63, 3.8) is 0 Å². The van der Waals surface area contributed by atoms with Gasteiger partial charge in [0.05, 0.1) is 12.2 Å². The third kappa shape index (κ3) is 6.91. The molecule has 0 aliphatic heterocycles. The molecule has 0 fully saturated rings. The van der Waals surface area contributed by atoms with Crippen molar-refractivity contribution in [2.24, 2.45) is 0 Å². The monoisotopic (exact) mass is 354 g/mol. The Bertz CT molecular complexity index is 602. The van der Waals surface area contributed by atoms with Crippen molar-refractivity contribution in [3.8, 4) is 0 Å². The highest BCUT2D eigenvalue weighted by Gasteiger charge is 2.10. The number of rotatable bonds is 10. The van der Waals surface area contributed by atoms with Gasteiger partial charge in [0.15, 0.2) is 0 Å². The first-order valence-electron chi connectivity index (χ1n) is 8.47. The maximum absolute atomic E-state index is 10.2. The second-order valence-electron chi connectivity index (χ2n) is 6.14. The summed E-state index contributed by atoms with van der Waals surface area (Å²) in [5.41, 5.74) is 4.39. The second kappa shape index (κ2) is 10.2. The standard InChI is InChI=1S/C22H26O2S/c1-3-17-5-9-19(10-6-17)13-21(23)15-25-16-22(24)14-20-11-7-18(4-2)8-12-20/h3-12,21-24H,1-2,13-16H2. The summed E-state index contributed by atoms with van der Waals surface area (Å²) < 4.78 is 0. The number of hydrogen-bond acceptors (Lipinski definition) is 3. The van der Waals surface area contributed by atoms with Crippen LogP contribution < -0.4 is 0 Å². The van der Waals surface area contributed by atoms with Crippen LogP contribution in [-0.4, -0.2) is 33.9 Å². The van der Waals surface area contributed by atoms with Crippen LogP contribution in [0.3, 0.4) is 0 Å². The van der Waals surface area contributed by atoms with Gasteiger partial charge in [0.25, 0.3) is 0 Å². The van der Waals surface area contributed by atoms with Crippen LogP contribution in [0.15, 0.2) is 61.7 Å². The minimum Gasteiger partial charge on any atom is -0.392 e. The number of thioether (sulfide) groups is 1. The molecule has 2 rings (SSSR count). The Morgan fingerprint density at radius 3 is 1.40 bits per heavy atom. The van der Waals surface area contributed by atoms with Gasteiger partial charge in [0.1, 0.15) is 0 Å². The molecule has 132 valence electrons. The Labute approximate surface area is 154 Å². The van der Waals surface area contributed by atoms with Crippen LogP contribution in [0.25, 0.3) is 12.2 Å². The summed E-state index contributed by atoms with van der Waals surface area (Å²) in [5.74, 6) is 1.24. The molecule has 0 saturated carbocycles. The lowest BCUT2D eigenvalue weighted by molar-refractivity contribution is 0.195. The van der Waals surface area contributed by atoms with Crippen molar-refractivity contribution in [1.29, 1.82) is 0 Å². The quantitative estimate of drug-likeness (QED) is 0.671. The van der Waals surface area contributed by atoms with Crippen molar-refractivity contribution < 1.29 is 10.2 Å². The second-order valence-corrected chi connectivity index (χ2v) is 7.22. The van der Waals surface area contributed by atoms with E-state index in [2.05, 4.69) is 13.2 Å². The maximum atomic E-state index is 10.2. The van der Waals surface area contributed by atoms with Crippen molar-refractivity contribution in [2.45, 2.75) is 25.0 Å². The predicted molar refractivity (Wildman–Crippen MR) is 110 cm³/mol. The average Bonchev–Trinajstić information content (AvgIpc) is 2.63. The maximum Gasteiger partial charge on any atom is 0.0670 e. The predicted octanol–water partition coefficient (Wildman–Crippen LogP) is 4.21. The lowest BCUT2D eigenvalue weighted by Gasteiger charge is -2.14. The van der Waals surface area contributed by atoms with E-state index in [9.17, 15) is 10.2 Å². The summed E-state index contributed by atoms with van der Waals surface area (Å²) in [5, 5.41) is 20.3. The highest BCUT2D eigenvalue weighted by molar-refractivity contribution is 7.99. The zero-order valence-corrected chi connectivity index (χ0v) is 15.3. The SMILES string of the molecule is C=Cc1ccc(CC(O)CSCC(O)Cc2ccc(C=C)cc2)cc1. The molecule has 2 N–H and O–H groups in total. The van der Waals surface area contributed by atoms with Crippen LogP contribution in [0.5, 0.6) is 0 Å². The smallest absolute Gasteiger partial charge is 0.0670 e. The Balaban J connectivity index is 1.69. The van der Waals surface area contributed by atoms with Gasteiger partial charge in [0, 0.05) is 11.5 Å². The molecule has 0 bridgehead atoms. The van der Waals surface area contributed by atoms with Crippen LogP contribution in [0.1, 0.15) is 22.3 Å². The number of aliphatic hydroxyl groups is 2. The van der Waals surface area contributed by atoms with Gasteiger partial charge in [0.2, 0.25) is 0 Å². The molecule has 0 radical (unpaired) electrons. The largest absolute Gasteiger partial charge is 0.392 e. The zero-order chi connectivity index (χ0) is 18.1. The van der Waals surface area contributed by atoms with Crippen molar-refractivity contribution >= 4 is 23.9 Å². The van der Waals surface area contributed by atoms with Gasteiger partial charge in [-0.1, -0.05) is 73.8 Å². The lowest BCUT2D eigenvalue weighted by atomic mass is 10.1. The summed E-state index contributed by atoms with van der Waals surface area (Å²) >= 11 is 1.59. The van der Waals surface area contributed by atoms with Crippen molar-refractivity contribution in [2.75, 3.05) is 11.5 Å². The van der Waals surface area contributed by atoms with E-state index in [0.29, 0.717) is 24.3 Å². The number of benzene rings is 2. The summed E-state index contributed by atoms with van der Waals surface area (Å²) in [7, 11) is 0. The first-order chi connectivity index (χ1) is 12.1. The molecule has 0 spiro atoms. The highest BCUT2D eigenvalue weighted by Crippen LogP contribution is 2.14. The molecule has 2 atom stereocenters. The fraction of sp³-hybridized carbons (Fsp3) is 0.273. The number of aliphatic hydroxyl groups excluding tert-OH is 2. The van der Waals surface area contributed by atoms with E-state index in [0.717, 1.165) is 22.3 Å². The molecule has 0 aromatic heterocycles. The van der Waals surface area contributed by atoms with Crippen LogP contribution in [0.2, 0.25) is 0 Å². The minimum atomic E-state index is -0.404. The molecule has 2 nitrogen and oxygen atoms in total. The van der Waals surface area contributed by atoms with Gasteiger partial charge in [-0.2, -0.15) is 11.8 Å². The molecule has 3 heteroatoms.